The predicted octanol–water partition coefficient (Wildman–Crippen LogP) is 3.07. The monoisotopic (exact) mass is 181 g/mol. The minimum atomic E-state index is 0.763. The number of unbranched alkanes of at least 4 members (excludes halogenated alkanes) is 1. The van der Waals surface area contributed by atoms with Gasteiger partial charge in [0.2, 0.25) is 0 Å². The molecule has 0 aliphatic carbocycles. The Kier molecular flexibility index (Phi) is 3.98. The lowest BCUT2D eigenvalue weighted by molar-refractivity contribution is 0.204. The zero-order chi connectivity index (χ0) is 9.84. The minimum absolute atomic E-state index is 0.763. The fourth-order valence-corrected chi connectivity index (χ4v) is 2.16. The summed E-state index contributed by atoms with van der Waals surface area (Å²) in [5.74, 6) is 0.774. The van der Waals surface area contributed by atoms with Crippen LogP contribution in [-0.2, 0) is 0 Å². The van der Waals surface area contributed by atoms with Crippen LogP contribution in [0.2, 0.25) is 0 Å². The van der Waals surface area contributed by atoms with Crippen LogP contribution in [0.1, 0.15) is 40.0 Å². The van der Waals surface area contributed by atoms with Gasteiger partial charge in [-0.05, 0) is 25.3 Å². The molecule has 1 heteroatoms. The first-order chi connectivity index (χ1) is 6.15. The zero-order valence-corrected chi connectivity index (χ0v) is 9.34. The van der Waals surface area contributed by atoms with Crippen LogP contribution < -0.4 is 0 Å². The van der Waals surface area contributed by atoms with Crippen LogP contribution in [0, 0.1) is 5.92 Å². The van der Waals surface area contributed by atoms with E-state index in [0.29, 0.717) is 0 Å². The molecule has 1 saturated heterocycles. The third kappa shape index (κ3) is 2.84. The van der Waals surface area contributed by atoms with Crippen molar-refractivity contribution in [1.82, 2.24) is 4.90 Å². The van der Waals surface area contributed by atoms with Crippen molar-refractivity contribution in [3.8, 4) is 0 Å². The highest BCUT2D eigenvalue weighted by atomic mass is 15.2. The number of nitrogens with zero attached hydrogens (tertiary/aromatic N) is 1. The summed E-state index contributed by atoms with van der Waals surface area (Å²) >= 11 is 0. The fraction of sp³-hybridized carbons (Fsp3) is 0.833. The van der Waals surface area contributed by atoms with Crippen LogP contribution in [0.15, 0.2) is 12.2 Å². The fourth-order valence-electron chi connectivity index (χ4n) is 2.16. The number of rotatable bonds is 4. The molecule has 0 bridgehead atoms. The average Bonchev–Trinajstić information content (AvgIpc) is 2.43. The quantitative estimate of drug-likeness (QED) is 0.602. The van der Waals surface area contributed by atoms with E-state index in [1.165, 1.54) is 31.4 Å². The van der Waals surface area contributed by atoms with E-state index in [9.17, 15) is 0 Å². The SMILES string of the molecule is C=C1CC(C(C)C)N(CCCC)C1. The molecule has 1 aliphatic heterocycles. The highest BCUT2D eigenvalue weighted by Gasteiger charge is 2.28. The molecule has 0 saturated carbocycles. The predicted molar refractivity (Wildman–Crippen MR) is 58.9 cm³/mol. The van der Waals surface area contributed by atoms with Crippen LogP contribution in [-0.4, -0.2) is 24.0 Å². The summed E-state index contributed by atoms with van der Waals surface area (Å²) in [7, 11) is 0. The highest BCUT2D eigenvalue weighted by Crippen LogP contribution is 2.26. The first-order valence-electron chi connectivity index (χ1n) is 5.55. The van der Waals surface area contributed by atoms with E-state index in [0.717, 1.165) is 18.5 Å². The van der Waals surface area contributed by atoms with Crippen LogP contribution in [0.5, 0.6) is 0 Å². The first kappa shape index (κ1) is 10.8. The van der Waals surface area contributed by atoms with Crippen LogP contribution in [0.4, 0.5) is 0 Å². The molecule has 1 nitrogen and oxygen atoms in total. The summed E-state index contributed by atoms with van der Waals surface area (Å²) in [6.07, 6.45) is 3.85. The van der Waals surface area contributed by atoms with Gasteiger partial charge < -0.3 is 0 Å². The van der Waals surface area contributed by atoms with Crippen molar-refractivity contribution >= 4 is 0 Å². The standard InChI is InChI=1S/C12H23N/c1-5-6-7-13-9-11(4)8-12(13)10(2)3/h10,12H,4-9H2,1-3H3. The number of hydrogen-bond donors (Lipinski definition) is 0. The topological polar surface area (TPSA) is 3.24 Å². The molecule has 1 unspecified atom stereocenters. The lowest BCUT2D eigenvalue weighted by atomic mass is 10.0. The van der Waals surface area contributed by atoms with Crippen molar-refractivity contribution in [1.29, 1.82) is 0 Å². The van der Waals surface area contributed by atoms with Crippen LogP contribution >= 0.6 is 0 Å². The third-order valence-electron chi connectivity index (χ3n) is 2.96. The molecule has 76 valence electrons. The van der Waals surface area contributed by atoms with Gasteiger partial charge in [-0.25, -0.2) is 0 Å². The van der Waals surface area contributed by atoms with Gasteiger partial charge in [0, 0.05) is 12.6 Å². The van der Waals surface area contributed by atoms with Crippen molar-refractivity contribution in [2.75, 3.05) is 13.1 Å². The number of likely N-dealkylation sites (tertiary alicyclic amines) is 1. The lowest BCUT2D eigenvalue weighted by Crippen LogP contribution is -2.34. The summed E-state index contributed by atoms with van der Waals surface area (Å²) in [4.78, 5) is 2.61. The van der Waals surface area contributed by atoms with Crippen molar-refractivity contribution in [2.45, 2.75) is 46.1 Å². The minimum Gasteiger partial charge on any atom is -0.296 e. The summed E-state index contributed by atoms with van der Waals surface area (Å²) in [5.41, 5.74) is 1.43. The molecule has 0 aromatic carbocycles. The van der Waals surface area contributed by atoms with Gasteiger partial charge in [-0.15, -0.1) is 0 Å². The van der Waals surface area contributed by atoms with Gasteiger partial charge in [0.15, 0.2) is 0 Å². The molecule has 1 atom stereocenters. The lowest BCUT2D eigenvalue weighted by Gasteiger charge is -2.26. The van der Waals surface area contributed by atoms with Gasteiger partial charge in [0.1, 0.15) is 0 Å². The Morgan fingerprint density at radius 1 is 1.54 bits per heavy atom. The Bertz CT molecular complexity index is 172. The molecule has 0 spiro atoms. The molecule has 0 aromatic rings. The van der Waals surface area contributed by atoms with Crippen molar-refractivity contribution < 1.29 is 0 Å². The molecule has 1 aliphatic rings. The van der Waals surface area contributed by atoms with E-state index >= 15 is 0 Å². The van der Waals surface area contributed by atoms with Gasteiger partial charge >= 0.3 is 0 Å². The summed E-state index contributed by atoms with van der Waals surface area (Å²) < 4.78 is 0. The molecule has 0 radical (unpaired) electrons. The van der Waals surface area contributed by atoms with Crippen molar-refractivity contribution in [3.05, 3.63) is 12.2 Å². The molecular formula is C12H23N. The Balaban J connectivity index is 2.45. The molecule has 1 heterocycles. The average molecular weight is 181 g/mol. The summed E-state index contributed by atoms with van der Waals surface area (Å²) in [6.45, 7) is 13.4. The summed E-state index contributed by atoms with van der Waals surface area (Å²) in [6, 6.07) is 0.763. The smallest absolute Gasteiger partial charge is 0.0193 e. The zero-order valence-electron chi connectivity index (χ0n) is 9.34. The molecule has 1 fully saturated rings. The van der Waals surface area contributed by atoms with Gasteiger partial charge in [0.25, 0.3) is 0 Å². The molecule has 1 rings (SSSR count). The number of hydrogen-bond acceptors (Lipinski definition) is 1. The maximum absolute atomic E-state index is 4.10. The van der Waals surface area contributed by atoms with E-state index in [2.05, 4.69) is 32.3 Å². The normalized spacial score (nSPS) is 24.6. The molecule has 0 N–H and O–H groups in total. The Morgan fingerprint density at radius 3 is 2.77 bits per heavy atom. The van der Waals surface area contributed by atoms with Gasteiger partial charge in [-0.2, -0.15) is 0 Å². The van der Waals surface area contributed by atoms with Crippen molar-refractivity contribution in [3.63, 3.8) is 0 Å². The van der Waals surface area contributed by atoms with Gasteiger partial charge in [-0.1, -0.05) is 39.3 Å². The maximum atomic E-state index is 4.10. The molecule has 13 heavy (non-hydrogen) atoms. The molecule has 0 aromatic heterocycles. The Labute approximate surface area is 82.8 Å². The van der Waals surface area contributed by atoms with Crippen molar-refractivity contribution in [2.24, 2.45) is 5.92 Å². The van der Waals surface area contributed by atoms with Crippen LogP contribution in [0.25, 0.3) is 0 Å². The van der Waals surface area contributed by atoms with E-state index in [1.54, 1.807) is 0 Å². The maximum Gasteiger partial charge on any atom is 0.0193 e. The van der Waals surface area contributed by atoms with E-state index in [4.69, 9.17) is 0 Å². The van der Waals surface area contributed by atoms with Crippen LogP contribution in [0.3, 0.4) is 0 Å². The molecular weight excluding hydrogens is 158 g/mol. The molecule has 0 amide bonds. The largest absolute Gasteiger partial charge is 0.296 e. The van der Waals surface area contributed by atoms with Gasteiger partial charge in [0.05, 0.1) is 0 Å². The Hall–Kier alpha value is -0.300. The first-order valence-corrected chi connectivity index (χ1v) is 5.55. The van der Waals surface area contributed by atoms with E-state index in [1.807, 2.05) is 0 Å². The second-order valence-electron chi connectivity index (χ2n) is 4.59. The Morgan fingerprint density at radius 2 is 2.23 bits per heavy atom. The highest BCUT2D eigenvalue weighted by molar-refractivity contribution is 5.08. The second kappa shape index (κ2) is 4.80. The second-order valence-corrected chi connectivity index (χ2v) is 4.59. The van der Waals surface area contributed by atoms with E-state index < -0.39 is 0 Å². The van der Waals surface area contributed by atoms with E-state index in [-0.39, 0.29) is 0 Å². The third-order valence-corrected chi connectivity index (χ3v) is 2.96. The summed E-state index contributed by atoms with van der Waals surface area (Å²) in [5, 5.41) is 0. The van der Waals surface area contributed by atoms with Gasteiger partial charge in [-0.3, -0.25) is 4.90 Å².